The summed E-state index contributed by atoms with van der Waals surface area (Å²) in [6.45, 7) is 0.547. The molecule has 2 rings (SSSR count). The van der Waals surface area contributed by atoms with Gasteiger partial charge in [-0.05, 0) is 38.1 Å². The minimum absolute atomic E-state index is 0.0126. The summed E-state index contributed by atoms with van der Waals surface area (Å²) in [6.07, 6.45) is 6.35. The number of carbonyl (C=O) groups excluding carboxylic acids is 1. The van der Waals surface area contributed by atoms with E-state index in [2.05, 4.69) is 5.32 Å². The minimum atomic E-state index is -0.785. The van der Waals surface area contributed by atoms with Crippen LogP contribution in [0.4, 0.5) is 0 Å². The van der Waals surface area contributed by atoms with Gasteiger partial charge in [0.25, 0.3) is 0 Å². The summed E-state index contributed by atoms with van der Waals surface area (Å²) in [7, 11) is 0. The van der Waals surface area contributed by atoms with Crippen LogP contribution in [0, 0.1) is 17.8 Å². The number of carbonyl (C=O) groups is 2. The fourth-order valence-electron chi connectivity index (χ4n) is 3.55. The molecule has 0 aromatic rings. The first-order valence-corrected chi connectivity index (χ1v) is 7.36. The molecule has 1 amide bonds. The number of aliphatic carboxylic acids is 1. The topological polar surface area (TPSA) is 92.4 Å². The number of carboxylic acid groups (broad SMARTS) is 1. The van der Waals surface area contributed by atoms with Crippen molar-refractivity contribution in [3.05, 3.63) is 0 Å². The van der Waals surface area contributed by atoms with Crippen LogP contribution in [-0.2, 0) is 9.59 Å². The van der Waals surface area contributed by atoms with Crippen LogP contribution in [0.3, 0.4) is 0 Å². The summed E-state index contributed by atoms with van der Waals surface area (Å²) in [5.74, 6) is -0.929. The van der Waals surface area contributed by atoms with Crippen LogP contribution in [0.5, 0.6) is 0 Å². The molecule has 0 bridgehead atoms. The molecule has 19 heavy (non-hydrogen) atoms. The average Bonchev–Trinajstić information content (AvgIpc) is 2.87. The predicted molar refractivity (Wildman–Crippen MR) is 71.4 cm³/mol. The van der Waals surface area contributed by atoms with E-state index in [9.17, 15) is 14.7 Å². The molecule has 5 nitrogen and oxygen atoms in total. The summed E-state index contributed by atoms with van der Waals surface area (Å²) in [5.41, 5.74) is 5.70. The molecule has 5 heteroatoms. The highest BCUT2D eigenvalue weighted by atomic mass is 16.4. The van der Waals surface area contributed by atoms with Gasteiger partial charge in [0.1, 0.15) is 0 Å². The van der Waals surface area contributed by atoms with Gasteiger partial charge in [0.15, 0.2) is 0 Å². The molecule has 0 aromatic heterocycles. The van der Waals surface area contributed by atoms with Crippen LogP contribution in [0.1, 0.15) is 44.9 Å². The van der Waals surface area contributed by atoms with Gasteiger partial charge in [0, 0.05) is 12.0 Å². The number of amides is 1. The number of nitrogens with two attached hydrogens (primary N) is 1. The van der Waals surface area contributed by atoms with E-state index in [1.807, 2.05) is 0 Å². The molecule has 0 spiro atoms. The quantitative estimate of drug-likeness (QED) is 0.712. The van der Waals surface area contributed by atoms with E-state index in [0.717, 1.165) is 38.5 Å². The zero-order valence-corrected chi connectivity index (χ0v) is 11.3. The normalized spacial score (nSPS) is 35.0. The third kappa shape index (κ3) is 3.26. The van der Waals surface area contributed by atoms with E-state index in [4.69, 9.17) is 5.73 Å². The second-order valence-electron chi connectivity index (χ2n) is 5.88. The van der Waals surface area contributed by atoms with E-state index in [-0.39, 0.29) is 23.8 Å². The number of hydrogen-bond acceptors (Lipinski definition) is 3. The van der Waals surface area contributed by atoms with Crippen LogP contribution >= 0.6 is 0 Å². The highest BCUT2D eigenvalue weighted by Gasteiger charge is 2.36. The van der Waals surface area contributed by atoms with Crippen molar-refractivity contribution in [1.82, 2.24) is 5.32 Å². The largest absolute Gasteiger partial charge is 0.481 e. The smallest absolute Gasteiger partial charge is 0.308 e. The third-order valence-corrected chi connectivity index (χ3v) is 4.71. The number of nitrogens with one attached hydrogen (secondary N) is 1. The molecule has 4 atom stereocenters. The van der Waals surface area contributed by atoms with Gasteiger partial charge in [0.2, 0.25) is 5.91 Å². The summed E-state index contributed by atoms with van der Waals surface area (Å²) < 4.78 is 0. The van der Waals surface area contributed by atoms with Crippen molar-refractivity contribution in [1.29, 1.82) is 0 Å². The fourth-order valence-corrected chi connectivity index (χ4v) is 3.55. The summed E-state index contributed by atoms with van der Waals surface area (Å²) in [4.78, 5) is 23.5. The molecule has 108 valence electrons. The lowest BCUT2D eigenvalue weighted by atomic mass is 9.84. The summed E-state index contributed by atoms with van der Waals surface area (Å²) in [5, 5.41) is 12.2. The van der Waals surface area contributed by atoms with Crippen molar-refractivity contribution in [2.75, 3.05) is 6.54 Å². The lowest BCUT2D eigenvalue weighted by Crippen LogP contribution is -2.48. The van der Waals surface area contributed by atoms with E-state index in [1.54, 1.807) is 0 Å². The van der Waals surface area contributed by atoms with Crippen molar-refractivity contribution in [3.8, 4) is 0 Å². The SMILES string of the molecule is NCC1CCCC1C(=O)NC1CCCCC1C(=O)O. The van der Waals surface area contributed by atoms with Crippen LogP contribution in [-0.4, -0.2) is 29.6 Å². The van der Waals surface area contributed by atoms with Gasteiger partial charge in [-0.2, -0.15) is 0 Å². The highest BCUT2D eigenvalue weighted by Crippen LogP contribution is 2.32. The van der Waals surface area contributed by atoms with Crippen molar-refractivity contribution in [2.24, 2.45) is 23.5 Å². The molecule has 0 aliphatic heterocycles. The molecule has 4 N–H and O–H groups in total. The van der Waals surface area contributed by atoms with Gasteiger partial charge in [-0.3, -0.25) is 9.59 Å². The van der Waals surface area contributed by atoms with Crippen molar-refractivity contribution in [2.45, 2.75) is 51.0 Å². The second-order valence-corrected chi connectivity index (χ2v) is 5.88. The molecule has 4 unspecified atom stereocenters. The fraction of sp³-hybridized carbons (Fsp3) is 0.857. The molecule has 0 saturated heterocycles. The Bertz CT molecular complexity index is 346. The molecule has 2 saturated carbocycles. The zero-order valence-electron chi connectivity index (χ0n) is 11.3. The van der Waals surface area contributed by atoms with Gasteiger partial charge < -0.3 is 16.2 Å². The predicted octanol–water partition coefficient (Wildman–Crippen LogP) is 1.12. The van der Waals surface area contributed by atoms with E-state index in [0.29, 0.717) is 13.0 Å². The number of rotatable bonds is 4. The van der Waals surface area contributed by atoms with Gasteiger partial charge >= 0.3 is 5.97 Å². The van der Waals surface area contributed by atoms with E-state index >= 15 is 0 Å². The maximum atomic E-state index is 12.3. The van der Waals surface area contributed by atoms with Crippen molar-refractivity contribution < 1.29 is 14.7 Å². The minimum Gasteiger partial charge on any atom is -0.481 e. The number of carboxylic acids is 1. The molecule has 2 fully saturated rings. The Hall–Kier alpha value is -1.10. The number of hydrogen-bond donors (Lipinski definition) is 3. The Balaban J connectivity index is 1.95. The highest BCUT2D eigenvalue weighted by molar-refractivity contribution is 5.81. The molecular formula is C14H24N2O3. The monoisotopic (exact) mass is 268 g/mol. The Morgan fingerprint density at radius 1 is 1.05 bits per heavy atom. The lowest BCUT2D eigenvalue weighted by molar-refractivity contribution is -0.144. The Morgan fingerprint density at radius 2 is 1.74 bits per heavy atom. The first-order valence-electron chi connectivity index (χ1n) is 7.36. The second kappa shape index (κ2) is 6.37. The first kappa shape index (κ1) is 14.3. The molecule has 0 aromatic carbocycles. The standard InChI is InChI=1S/C14H24N2O3/c15-8-9-4-3-6-10(9)13(17)16-12-7-2-1-5-11(12)14(18)19/h9-12H,1-8,15H2,(H,16,17)(H,18,19). The molecule has 2 aliphatic rings. The van der Waals surface area contributed by atoms with Gasteiger partial charge in [-0.25, -0.2) is 0 Å². The van der Waals surface area contributed by atoms with Crippen LogP contribution in [0.15, 0.2) is 0 Å². The molecule has 0 radical (unpaired) electrons. The zero-order chi connectivity index (χ0) is 13.8. The Labute approximate surface area is 113 Å². The van der Waals surface area contributed by atoms with Gasteiger partial charge in [-0.15, -0.1) is 0 Å². The summed E-state index contributed by atoms with van der Waals surface area (Å²) in [6, 6.07) is -0.197. The van der Waals surface area contributed by atoms with E-state index < -0.39 is 11.9 Å². The average molecular weight is 268 g/mol. The van der Waals surface area contributed by atoms with Crippen LogP contribution < -0.4 is 11.1 Å². The van der Waals surface area contributed by atoms with Gasteiger partial charge in [-0.1, -0.05) is 19.3 Å². The maximum absolute atomic E-state index is 12.3. The maximum Gasteiger partial charge on any atom is 0.308 e. The molecule has 2 aliphatic carbocycles. The molecule has 0 heterocycles. The van der Waals surface area contributed by atoms with Crippen LogP contribution in [0.25, 0.3) is 0 Å². The third-order valence-electron chi connectivity index (χ3n) is 4.71. The van der Waals surface area contributed by atoms with Gasteiger partial charge in [0.05, 0.1) is 5.92 Å². The van der Waals surface area contributed by atoms with Crippen molar-refractivity contribution >= 4 is 11.9 Å². The Morgan fingerprint density at radius 3 is 2.42 bits per heavy atom. The molecular weight excluding hydrogens is 244 g/mol. The van der Waals surface area contributed by atoms with E-state index in [1.165, 1.54) is 0 Å². The summed E-state index contributed by atoms with van der Waals surface area (Å²) >= 11 is 0. The first-order chi connectivity index (χ1) is 9.13. The lowest BCUT2D eigenvalue weighted by Gasteiger charge is -2.31. The Kier molecular flexibility index (Phi) is 4.80. The van der Waals surface area contributed by atoms with Crippen molar-refractivity contribution in [3.63, 3.8) is 0 Å². The van der Waals surface area contributed by atoms with Crippen LogP contribution in [0.2, 0.25) is 0 Å².